The van der Waals surface area contributed by atoms with Crippen molar-refractivity contribution in [3.8, 4) is 0 Å². The molecule has 23 heavy (non-hydrogen) atoms. The summed E-state index contributed by atoms with van der Waals surface area (Å²) in [5.74, 6) is 0.00957. The highest BCUT2D eigenvalue weighted by Gasteiger charge is 2.27. The maximum Gasteiger partial charge on any atom is 0.309 e. The number of likely N-dealkylation sites (tertiary alicyclic amines) is 1. The van der Waals surface area contributed by atoms with E-state index < -0.39 is 0 Å². The quantitative estimate of drug-likeness (QED) is 0.773. The van der Waals surface area contributed by atoms with Crippen LogP contribution in [0.3, 0.4) is 0 Å². The minimum Gasteiger partial charge on any atom is -0.463 e. The third-order valence-electron chi connectivity index (χ3n) is 4.66. The van der Waals surface area contributed by atoms with Crippen molar-refractivity contribution in [3.05, 3.63) is 16.1 Å². The van der Waals surface area contributed by atoms with Crippen molar-refractivity contribution in [2.45, 2.75) is 51.7 Å². The largest absolute Gasteiger partial charge is 0.463 e. The van der Waals surface area contributed by atoms with Crippen LogP contribution in [-0.2, 0) is 20.8 Å². The van der Waals surface area contributed by atoms with E-state index in [1.165, 1.54) is 6.42 Å². The Morgan fingerprint density at radius 1 is 1.39 bits per heavy atom. The molecular weight excluding hydrogens is 312 g/mol. The molecule has 0 aromatic carbocycles. The minimum atomic E-state index is -0.0386. The molecule has 1 aromatic rings. The normalized spacial score (nSPS) is 23.8. The Morgan fingerprint density at radius 2 is 2.22 bits per heavy atom. The Kier molecular flexibility index (Phi) is 6.02. The number of hydrogen-bond donors (Lipinski definition) is 0. The summed E-state index contributed by atoms with van der Waals surface area (Å²) in [7, 11) is 0. The van der Waals surface area contributed by atoms with Gasteiger partial charge < -0.3 is 9.47 Å². The zero-order valence-electron chi connectivity index (χ0n) is 13.8. The number of nitrogens with zero attached hydrogens (tertiary/aromatic N) is 2. The number of esters is 1. The van der Waals surface area contributed by atoms with Gasteiger partial charge in [-0.05, 0) is 52.1 Å². The molecule has 0 amide bonds. The summed E-state index contributed by atoms with van der Waals surface area (Å²) in [6, 6.07) is 0. The van der Waals surface area contributed by atoms with Crippen LogP contribution in [0.1, 0.15) is 42.8 Å². The van der Waals surface area contributed by atoms with Crippen molar-refractivity contribution < 1.29 is 14.3 Å². The molecule has 5 nitrogen and oxygen atoms in total. The molecule has 6 heteroatoms. The topological polar surface area (TPSA) is 51.7 Å². The zero-order valence-corrected chi connectivity index (χ0v) is 14.6. The van der Waals surface area contributed by atoms with E-state index in [1.54, 1.807) is 11.3 Å². The van der Waals surface area contributed by atoms with Crippen LogP contribution >= 0.6 is 11.3 Å². The maximum absolute atomic E-state index is 12.2. The number of aromatic nitrogens is 1. The number of thiazole rings is 1. The fourth-order valence-electron chi connectivity index (χ4n) is 3.27. The Hall–Kier alpha value is -0.980. The number of rotatable bonds is 5. The smallest absolute Gasteiger partial charge is 0.309 e. The van der Waals surface area contributed by atoms with Gasteiger partial charge in [0, 0.05) is 18.5 Å². The number of carbonyl (C=O) groups is 1. The maximum atomic E-state index is 12.2. The molecule has 2 fully saturated rings. The zero-order chi connectivity index (χ0) is 16.1. The van der Waals surface area contributed by atoms with Gasteiger partial charge in [-0.15, -0.1) is 11.3 Å². The lowest BCUT2D eigenvalue weighted by Crippen LogP contribution is -2.37. The molecule has 2 aliphatic rings. The van der Waals surface area contributed by atoms with Crippen molar-refractivity contribution >= 4 is 17.3 Å². The number of aryl methyl sites for hydroxylation is 1. The first-order valence-corrected chi connectivity index (χ1v) is 9.50. The Morgan fingerprint density at radius 3 is 2.87 bits per heavy atom. The van der Waals surface area contributed by atoms with Gasteiger partial charge >= 0.3 is 5.97 Å². The lowest BCUT2D eigenvalue weighted by Gasteiger charge is -2.30. The first kappa shape index (κ1) is 16.9. The average Bonchev–Trinajstić information content (AvgIpc) is 2.99. The van der Waals surface area contributed by atoms with Crippen LogP contribution in [0.25, 0.3) is 0 Å². The summed E-state index contributed by atoms with van der Waals surface area (Å²) in [6.45, 7) is 6.04. The van der Waals surface area contributed by atoms with Gasteiger partial charge in [-0.1, -0.05) is 0 Å². The standard InChI is InChI=1S/C17H26N2O3S/c1-13-18-15(12-23-13)10-19-7-5-14(6-8-19)17(20)22-11-16-4-2-3-9-21-16/h12,14,16H,2-11H2,1H3/t16-/m0/s1. The van der Waals surface area contributed by atoms with Crippen molar-refractivity contribution in [1.82, 2.24) is 9.88 Å². The third-order valence-corrected chi connectivity index (χ3v) is 5.48. The van der Waals surface area contributed by atoms with Crippen LogP contribution < -0.4 is 0 Å². The highest BCUT2D eigenvalue weighted by Crippen LogP contribution is 2.21. The average molecular weight is 338 g/mol. The number of ether oxygens (including phenoxy) is 2. The molecule has 128 valence electrons. The monoisotopic (exact) mass is 338 g/mol. The van der Waals surface area contributed by atoms with Gasteiger partial charge in [-0.3, -0.25) is 9.69 Å². The Bertz CT molecular complexity index is 506. The van der Waals surface area contributed by atoms with Crippen LogP contribution in [0.4, 0.5) is 0 Å². The first-order valence-electron chi connectivity index (χ1n) is 8.62. The molecule has 0 saturated carbocycles. The van der Waals surface area contributed by atoms with Gasteiger partial charge in [0.25, 0.3) is 0 Å². The van der Waals surface area contributed by atoms with Gasteiger partial charge in [0.1, 0.15) is 6.61 Å². The minimum absolute atomic E-state index is 0.0386. The van der Waals surface area contributed by atoms with Crippen LogP contribution in [0.5, 0.6) is 0 Å². The fourth-order valence-corrected chi connectivity index (χ4v) is 3.87. The molecule has 3 heterocycles. The molecule has 0 radical (unpaired) electrons. The van der Waals surface area contributed by atoms with Crippen molar-refractivity contribution in [3.63, 3.8) is 0 Å². The van der Waals surface area contributed by atoms with E-state index in [0.717, 1.165) is 62.6 Å². The second-order valence-electron chi connectivity index (χ2n) is 6.53. The first-order chi connectivity index (χ1) is 11.2. The Labute approximate surface area is 142 Å². The summed E-state index contributed by atoms with van der Waals surface area (Å²) >= 11 is 1.69. The SMILES string of the molecule is Cc1nc(CN2CCC(C(=O)OC[C@@H]3CCCCO3)CC2)cs1. The van der Waals surface area contributed by atoms with E-state index in [0.29, 0.717) is 6.61 Å². The van der Waals surface area contributed by atoms with Crippen molar-refractivity contribution in [2.24, 2.45) is 5.92 Å². The molecule has 2 aliphatic heterocycles. The van der Waals surface area contributed by atoms with E-state index in [-0.39, 0.29) is 18.0 Å². The molecule has 2 saturated heterocycles. The predicted molar refractivity (Wildman–Crippen MR) is 89.4 cm³/mol. The van der Waals surface area contributed by atoms with E-state index >= 15 is 0 Å². The van der Waals surface area contributed by atoms with Crippen LogP contribution in [0.15, 0.2) is 5.38 Å². The highest BCUT2D eigenvalue weighted by atomic mass is 32.1. The molecule has 3 rings (SSSR count). The summed E-state index contributed by atoms with van der Waals surface area (Å²) in [5, 5.41) is 3.24. The number of hydrogen-bond acceptors (Lipinski definition) is 6. The molecule has 0 spiro atoms. The fraction of sp³-hybridized carbons (Fsp3) is 0.765. The van der Waals surface area contributed by atoms with Gasteiger partial charge in [0.15, 0.2) is 0 Å². The van der Waals surface area contributed by atoms with Gasteiger partial charge in [0.2, 0.25) is 0 Å². The van der Waals surface area contributed by atoms with Gasteiger partial charge in [-0.25, -0.2) is 4.98 Å². The second-order valence-corrected chi connectivity index (χ2v) is 7.59. The molecule has 1 atom stereocenters. The summed E-state index contributed by atoms with van der Waals surface area (Å²) in [5.41, 5.74) is 1.14. The highest BCUT2D eigenvalue weighted by molar-refractivity contribution is 7.09. The van der Waals surface area contributed by atoms with E-state index in [4.69, 9.17) is 9.47 Å². The molecule has 0 unspecified atom stereocenters. The summed E-state index contributed by atoms with van der Waals surface area (Å²) in [6.07, 6.45) is 5.19. The van der Waals surface area contributed by atoms with E-state index in [9.17, 15) is 4.79 Å². The molecule has 0 aliphatic carbocycles. The molecule has 1 aromatic heterocycles. The van der Waals surface area contributed by atoms with Crippen LogP contribution in [0, 0.1) is 12.8 Å². The lowest BCUT2D eigenvalue weighted by molar-refractivity contribution is -0.155. The second kappa shape index (κ2) is 8.22. The molecule has 0 N–H and O–H groups in total. The van der Waals surface area contributed by atoms with Gasteiger partial charge in [-0.2, -0.15) is 0 Å². The predicted octanol–water partition coefficient (Wildman–Crippen LogP) is 2.78. The Balaban J connectivity index is 1.37. The van der Waals surface area contributed by atoms with E-state index in [1.807, 2.05) is 6.92 Å². The number of carbonyl (C=O) groups excluding carboxylic acids is 1. The van der Waals surface area contributed by atoms with Crippen LogP contribution in [0.2, 0.25) is 0 Å². The van der Waals surface area contributed by atoms with Crippen molar-refractivity contribution in [2.75, 3.05) is 26.3 Å². The summed E-state index contributed by atoms with van der Waals surface area (Å²) in [4.78, 5) is 19.1. The molecule has 0 bridgehead atoms. The lowest BCUT2D eigenvalue weighted by atomic mass is 9.97. The third kappa shape index (κ3) is 4.99. The van der Waals surface area contributed by atoms with Crippen LogP contribution in [-0.4, -0.2) is 48.3 Å². The van der Waals surface area contributed by atoms with Crippen molar-refractivity contribution in [1.29, 1.82) is 0 Å². The molecular formula is C17H26N2O3S. The summed E-state index contributed by atoms with van der Waals surface area (Å²) < 4.78 is 11.1. The van der Waals surface area contributed by atoms with E-state index in [2.05, 4.69) is 15.3 Å². The van der Waals surface area contributed by atoms with Gasteiger partial charge in [0.05, 0.1) is 22.7 Å². The number of piperidine rings is 1.